The Balaban J connectivity index is 1.69. The fourth-order valence-electron chi connectivity index (χ4n) is 4.33. The summed E-state index contributed by atoms with van der Waals surface area (Å²) in [7, 11) is 0. The number of hydrogen-bond donors (Lipinski definition) is 1. The van der Waals surface area contributed by atoms with Crippen molar-refractivity contribution < 1.29 is 27.8 Å². The van der Waals surface area contributed by atoms with Gasteiger partial charge in [0, 0.05) is 11.6 Å². The number of carbonyl (C=O) groups is 1. The summed E-state index contributed by atoms with van der Waals surface area (Å²) in [5.74, 6) is -0.411. The topological polar surface area (TPSA) is 49.8 Å². The van der Waals surface area contributed by atoms with Crippen LogP contribution in [0.4, 0.5) is 13.2 Å². The lowest BCUT2D eigenvalue weighted by atomic mass is 9.94. The van der Waals surface area contributed by atoms with Gasteiger partial charge in [0.25, 0.3) is 0 Å². The van der Waals surface area contributed by atoms with Gasteiger partial charge in [-0.3, -0.25) is 9.69 Å². The summed E-state index contributed by atoms with van der Waals surface area (Å²) in [5.41, 5.74) is 1.04. The zero-order valence-electron chi connectivity index (χ0n) is 18.1. The number of carboxylic acid groups (broad SMARTS) is 1. The number of likely N-dealkylation sites (tertiary alicyclic amines) is 1. The van der Waals surface area contributed by atoms with Gasteiger partial charge in [-0.25, -0.2) is 0 Å². The molecule has 0 aliphatic carbocycles. The van der Waals surface area contributed by atoms with Gasteiger partial charge in [-0.1, -0.05) is 54.1 Å². The highest BCUT2D eigenvalue weighted by molar-refractivity contribution is 6.31. The van der Waals surface area contributed by atoms with Gasteiger partial charge in [-0.15, -0.1) is 0 Å². The fraction of sp³-hybridized carbons (Fsp3) is 0.269. The number of carboxylic acids is 1. The summed E-state index contributed by atoms with van der Waals surface area (Å²) in [4.78, 5) is 13.6. The molecule has 34 heavy (non-hydrogen) atoms. The van der Waals surface area contributed by atoms with E-state index in [1.54, 1.807) is 29.2 Å². The van der Waals surface area contributed by atoms with Crippen LogP contribution in [-0.4, -0.2) is 28.6 Å². The van der Waals surface area contributed by atoms with Crippen molar-refractivity contribution in [2.75, 3.05) is 6.54 Å². The Bertz CT molecular complexity index is 1140. The van der Waals surface area contributed by atoms with Crippen molar-refractivity contribution in [3.05, 3.63) is 100 Å². The van der Waals surface area contributed by atoms with E-state index in [0.717, 1.165) is 17.7 Å². The Morgan fingerprint density at radius 2 is 1.79 bits per heavy atom. The van der Waals surface area contributed by atoms with Crippen LogP contribution in [0.2, 0.25) is 5.02 Å². The largest absolute Gasteiger partial charge is 0.489 e. The normalized spacial score (nSPS) is 17.5. The number of ether oxygens (including phenoxy) is 1. The summed E-state index contributed by atoms with van der Waals surface area (Å²) < 4.78 is 46.2. The molecular weight excluding hydrogens is 467 g/mol. The lowest BCUT2D eigenvalue weighted by molar-refractivity contribution is -0.143. The molecule has 0 radical (unpaired) electrons. The van der Waals surface area contributed by atoms with Crippen molar-refractivity contribution in [3.8, 4) is 5.75 Å². The molecule has 178 valence electrons. The van der Waals surface area contributed by atoms with Gasteiger partial charge in [0.2, 0.25) is 0 Å². The highest BCUT2D eigenvalue weighted by Crippen LogP contribution is 2.41. The summed E-state index contributed by atoms with van der Waals surface area (Å²) in [6.45, 7) is 0.802. The molecule has 0 aromatic heterocycles. The number of nitrogens with zero attached hydrogens (tertiary/aromatic N) is 1. The monoisotopic (exact) mass is 489 g/mol. The standard InChI is InChI=1S/C26H23ClF3NO3/c27-22-13-10-19(26(28,29)30)15-21(22)24(31-14-4-7-23(31)25(32)33)18-8-11-20(12-9-18)34-16-17-5-2-1-3-6-17/h1-3,5-6,8-13,15,23-24H,4,7,14,16H2,(H,32,33). The van der Waals surface area contributed by atoms with Crippen molar-refractivity contribution in [2.24, 2.45) is 0 Å². The molecule has 3 aromatic rings. The van der Waals surface area contributed by atoms with E-state index in [9.17, 15) is 23.1 Å². The lowest BCUT2D eigenvalue weighted by Crippen LogP contribution is -2.39. The highest BCUT2D eigenvalue weighted by Gasteiger charge is 2.39. The van der Waals surface area contributed by atoms with E-state index >= 15 is 0 Å². The van der Waals surface area contributed by atoms with E-state index in [2.05, 4.69) is 0 Å². The Morgan fingerprint density at radius 1 is 1.09 bits per heavy atom. The zero-order valence-corrected chi connectivity index (χ0v) is 18.9. The van der Waals surface area contributed by atoms with Crippen molar-refractivity contribution in [3.63, 3.8) is 0 Å². The minimum absolute atomic E-state index is 0.151. The molecule has 1 saturated heterocycles. The van der Waals surface area contributed by atoms with E-state index in [1.165, 1.54) is 6.07 Å². The van der Waals surface area contributed by atoms with E-state index in [0.29, 0.717) is 37.3 Å². The minimum atomic E-state index is -4.55. The van der Waals surface area contributed by atoms with E-state index in [-0.39, 0.29) is 10.6 Å². The van der Waals surface area contributed by atoms with Gasteiger partial charge < -0.3 is 9.84 Å². The maximum absolute atomic E-state index is 13.5. The smallest absolute Gasteiger partial charge is 0.416 e. The summed E-state index contributed by atoms with van der Waals surface area (Å²) in [5, 5.41) is 9.88. The molecule has 4 nitrogen and oxygen atoms in total. The summed E-state index contributed by atoms with van der Waals surface area (Å²) in [6.07, 6.45) is -3.50. The second-order valence-electron chi connectivity index (χ2n) is 8.21. The van der Waals surface area contributed by atoms with Crippen LogP contribution in [0, 0.1) is 0 Å². The summed E-state index contributed by atoms with van der Waals surface area (Å²) >= 11 is 6.38. The van der Waals surface area contributed by atoms with Crippen molar-refractivity contribution in [1.82, 2.24) is 4.90 Å². The van der Waals surface area contributed by atoms with E-state index in [1.807, 2.05) is 30.3 Å². The predicted octanol–water partition coefficient (Wildman–Crippen LogP) is 6.58. The Labute approximate surface area is 200 Å². The maximum Gasteiger partial charge on any atom is 0.416 e. The fourth-order valence-corrected chi connectivity index (χ4v) is 4.55. The molecule has 1 aliphatic rings. The third kappa shape index (κ3) is 5.37. The van der Waals surface area contributed by atoms with Gasteiger partial charge in [-0.2, -0.15) is 13.2 Å². The number of aliphatic carboxylic acids is 1. The number of halogens is 4. The SMILES string of the molecule is O=C(O)C1CCCN1C(c1ccc(OCc2ccccc2)cc1)c1cc(C(F)(F)F)ccc1Cl. The molecular formula is C26H23ClF3NO3. The molecule has 8 heteroatoms. The molecule has 3 aromatic carbocycles. The molecule has 1 N–H and O–H groups in total. The average Bonchev–Trinajstić information content (AvgIpc) is 3.30. The van der Waals surface area contributed by atoms with Crippen LogP contribution in [0.3, 0.4) is 0 Å². The highest BCUT2D eigenvalue weighted by atomic mass is 35.5. The molecule has 0 spiro atoms. The van der Waals surface area contributed by atoms with Crippen molar-refractivity contribution >= 4 is 17.6 Å². The first-order valence-corrected chi connectivity index (χ1v) is 11.2. The average molecular weight is 490 g/mol. The van der Waals surface area contributed by atoms with Gasteiger partial charge in [0.15, 0.2) is 0 Å². The maximum atomic E-state index is 13.5. The van der Waals surface area contributed by atoms with Gasteiger partial charge in [0.05, 0.1) is 11.6 Å². The first-order valence-electron chi connectivity index (χ1n) is 10.9. The molecule has 1 heterocycles. The van der Waals surface area contributed by atoms with Crippen molar-refractivity contribution in [2.45, 2.75) is 37.7 Å². The lowest BCUT2D eigenvalue weighted by Gasteiger charge is -2.33. The van der Waals surface area contributed by atoms with Crippen LogP contribution in [0.15, 0.2) is 72.8 Å². The second kappa shape index (κ2) is 10.1. The first kappa shape index (κ1) is 24.1. The zero-order chi connectivity index (χ0) is 24.3. The van der Waals surface area contributed by atoms with Gasteiger partial charge in [0.1, 0.15) is 18.4 Å². The molecule has 0 amide bonds. The Hall–Kier alpha value is -3.03. The quantitative estimate of drug-likeness (QED) is 0.407. The third-order valence-corrected chi connectivity index (χ3v) is 6.32. The van der Waals surface area contributed by atoms with Crippen molar-refractivity contribution in [1.29, 1.82) is 0 Å². The van der Waals surface area contributed by atoms with E-state index in [4.69, 9.17) is 16.3 Å². The number of rotatable bonds is 7. The van der Waals surface area contributed by atoms with Crippen LogP contribution in [0.5, 0.6) is 5.75 Å². The molecule has 1 fully saturated rings. The molecule has 2 unspecified atom stereocenters. The van der Waals surface area contributed by atoms with Crippen LogP contribution >= 0.6 is 11.6 Å². The Morgan fingerprint density at radius 3 is 2.44 bits per heavy atom. The Kier molecular flexibility index (Phi) is 7.14. The van der Waals surface area contributed by atoms with Gasteiger partial charge in [-0.05, 0) is 59.9 Å². The predicted molar refractivity (Wildman–Crippen MR) is 123 cm³/mol. The molecule has 0 bridgehead atoms. The third-order valence-electron chi connectivity index (χ3n) is 5.97. The van der Waals surface area contributed by atoms with Crippen LogP contribution in [0.1, 0.15) is 41.1 Å². The van der Waals surface area contributed by atoms with Crippen LogP contribution in [0.25, 0.3) is 0 Å². The molecule has 2 atom stereocenters. The van der Waals surface area contributed by atoms with Crippen LogP contribution in [-0.2, 0) is 17.6 Å². The second-order valence-corrected chi connectivity index (χ2v) is 8.62. The number of alkyl halides is 3. The minimum Gasteiger partial charge on any atom is -0.489 e. The first-order chi connectivity index (χ1) is 16.2. The van der Waals surface area contributed by atoms with Crippen LogP contribution < -0.4 is 4.74 Å². The van der Waals surface area contributed by atoms with Gasteiger partial charge >= 0.3 is 12.1 Å². The summed E-state index contributed by atoms with van der Waals surface area (Å²) in [6, 6.07) is 18.2. The molecule has 4 rings (SSSR count). The van der Waals surface area contributed by atoms with E-state index < -0.39 is 29.8 Å². The molecule has 1 aliphatic heterocycles. The number of hydrogen-bond acceptors (Lipinski definition) is 3. The molecule has 0 saturated carbocycles. The number of benzene rings is 3.